The van der Waals surface area contributed by atoms with Crippen LogP contribution in [-0.2, 0) is 11.2 Å². The molecule has 27 heavy (non-hydrogen) atoms. The Morgan fingerprint density at radius 2 is 1.19 bits per heavy atom. The van der Waals surface area contributed by atoms with Gasteiger partial charge in [0.05, 0.1) is 0 Å². The molecule has 3 aromatic rings. The van der Waals surface area contributed by atoms with Gasteiger partial charge in [-0.2, -0.15) is 0 Å². The molecule has 136 valence electrons. The van der Waals surface area contributed by atoms with E-state index >= 15 is 0 Å². The summed E-state index contributed by atoms with van der Waals surface area (Å²) in [6.07, 6.45) is 2.29. The Morgan fingerprint density at radius 1 is 0.778 bits per heavy atom. The Labute approximate surface area is 161 Å². The highest BCUT2D eigenvalue weighted by molar-refractivity contribution is 5.88. The Kier molecular flexibility index (Phi) is 5.87. The van der Waals surface area contributed by atoms with Gasteiger partial charge < -0.3 is 4.74 Å². The van der Waals surface area contributed by atoms with Crippen LogP contribution in [0.2, 0.25) is 0 Å². The van der Waals surface area contributed by atoms with Crippen LogP contribution < -0.4 is 4.74 Å². The predicted octanol–water partition coefficient (Wildman–Crippen LogP) is 6.45. The SMILES string of the molecule is C=C(C)C(=O)Oc1ccc(-c2ccc(-c3ccc(CCC)cc3)cc2)cc1. The highest BCUT2D eigenvalue weighted by Gasteiger charge is 2.06. The van der Waals surface area contributed by atoms with Gasteiger partial charge in [0.2, 0.25) is 0 Å². The average Bonchev–Trinajstić information content (AvgIpc) is 2.69. The monoisotopic (exact) mass is 356 g/mol. The summed E-state index contributed by atoms with van der Waals surface area (Å²) < 4.78 is 5.23. The maximum absolute atomic E-state index is 11.6. The van der Waals surface area contributed by atoms with E-state index < -0.39 is 5.97 Å². The molecule has 0 fully saturated rings. The fraction of sp³-hybridized carbons (Fsp3) is 0.160. The van der Waals surface area contributed by atoms with Crippen LogP contribution in [0.5, 0.6) is 5.75 Å². The van der Waals surface area contributed by atoms with Gasteiger partial charge in [0, 0.05) is 5.57 Å². The number of carbonyl (C=O) groups excluding carboxylic acids is 1. The van der Waals surface area contributed by atoms with Crippen molar-refractivity contribution in [1.29, 1.82) is 0 Å². The van der Waals surface area contributed by atoms with Crippen molar-refractivity contribution in [2.24, 2.45) is 0 Å². The zero-order valence-electron chi connectivity index (χ0n) is 15.9. The molecule has 0 radical (unpaired) electrons. The van der Waals surface area contributed by atoms with Crippen LogP contribution in [0.4, 0.5) is 0 Å². The quantitative estimate of drug-likeness (QED) is 0.288. The van der Waals surface area contributed by atoms with Gasteiger partial charge in [-0.3, -0.25) is 0 Å². The van der Waals surface area contributed by atoms with Crippen molar-refractivity contribution >= 4 is 5.97 Å². The maximum Gasteiger partial charge on any atom is 0.338 e. The van der Waals surface area contributed by atoms with Gasteiger partial charge in [-0.05, 0) is 53.3 Å². The van der Waals surface area contributed by atoms with Crippen LogP contribution in [0.25, 0.3) is 22.3 Å². The van der Waals surface area contributed by atoms with E-state index in [9.17, 15) is 4.79 Å². The smallest absolute Gasteiger partial charge is 0.338 e. The molecule has 0 aliphatic rings. The molecule has 3 aromatic carbocycles. The molecule has 0 atom stereocenters. The Bertz CT molecular complexity index is 918. The molecule has 0 unspecified atom stereocenters. The third-order valence-corrected chi connectivity index (χ3v) is 4.46. The molecule has 2 nitrogen and oxygen atoms in total. The first-order valence-electron chi connectivity index (χ1n) is 9.24. The molecule has 0 spiro atoms. The molecular formula is C25H24O2. The van der Waals surface area contributed by atoms with E-state index in [4.69, 9.17) is 4.74 Å². The normalized spacial score (nSPS) is 10.4. The van der Waals surface area contributed by atoms with Gasteiger partial charge in [-0.25, -0.2) is 4.79 Å². The Hall–Kier alpha value is -3.13. The summed E-state index contributed by atoms with van der Waals surface area (Å²) in [5.41, 5.74) is 6.40. The first-order chi connectivity index (χ1) is 13.1. The number of rotatable bonds is 6. The first-order valence-corrected chi connectivity index (χ1v) is 9.24. The third kappa shape index (κ3) is 4.73. The number of hydrogen-bond acceptors (Lipinski definition) is 2. The highest BCUT2D eigenvalue weighted by atomic mass is 16.5. The van der Waals surface area contributed by atoms with Crippen LogP contribution >= 0.6 is 0 Å². The summed E-state index contributed by atoms with van der Waals surface area (Å²) in [5, 5.41) is 0. The van der Waals surface area contributed by atoms with Crippen molar-refractivity contribution in [2.75, 3.05) is 0 Å². The molecule has 2 heteroatoms. The van der Waals surface area contributed by atoms with Crippen molar-refractivity contribution in [3.63, 3.8) is 0 Å². The standard InChI is InChI=1S/C25H24O2/c1-4-5-19-6-8-20(9-7-19)21-10-12-22(13-11-21)23-14-16-24(17-15-23)27-25(26)18(2)3/h6-17H,2,4-5H2,1,3H3. The van der Waals surface area contributed by atoms with Crippen molar-refractivity contribution in [3.8, 4) is 28.0 Å². The van der Waals surface area contributed by atoms with E-state index in [1.54, 1.807) is 19.1 Å². The second kappa shape index (κ2) is 8.50. The van der Waals surface area contributed by atoms with Crippen LogP contribution in [0, 0.1) is 0 Å². The van der Waals surface area contributed by atoms with Crippen molar-refractivity contribution in [3.05, 3.63) is 90.5 Å². The summed E-state index contributed by atoms with van der Waals surface area (Å²) in [5.74, 6) is 0.118. The molecule has 0 saturated heterocycles. The minimum atomic E-state index is -0.406. The lowest BCUT2D eigenvalue weighted by Crippen LogP contribution is -2.07. The summed E-state index contributed by atoms with van der Waals surface area (Å²) >= 11 is 0. The predicted molar refractivity (Wildman–Crippen MR) is 112 cm³/mol. The van der Waals surface area contributed by atoms with Gasteiger partial charge in [-0.1, -0.05) is 80.6 Å². The van der Waals surface area contributed by atoms with Crippen molar-refractivity contribution in [2.45, 2.75) is 26.7 Å². The molecule has 0 heterocycles. The molecule has 0 saturated carbocycles. The van der Waals surface area contributed by atoms with Crippen LogP contribution in [0.3, 0.4) is 0 Å². The van der Waals surface area contributed by atoms with Gasteiger partial charge in [-0.15, -0.1) is 0 Å². The van der Waals surface area contributed by atoms with E-state index in [2.05, 4.69) is 62.0 Å². The van der Waals surface area contributed by atoms with Crippen LogP contribution in [0.15, 0.2) is 84.9 Å². The van der Waals surface area contributed by atoms with E-state index in [0.717, 1.165) is 17.5 Å². The van der Waals surface area contributed by atoms with E-state index in [0.29, 0.717) is 11.3 Å². The molecule has 3 rings (SSSR count). The van der Waals surface area contributed by atoms with Crippen molar-refractivity contribution < 1.29 is 9.53 Å². The Balaban J connectivity index is 1.73. The molecular weight excluding hydrogens is 332 g/mol. The van der Waals surface area contributed by atoms with Gasteiger partial charge in [0.15, 0.2) is 0 Å². The lowest BCUT2D eigenvalue weighted by Gasteiger charge is -2.08. The van der Waals surface area contributed by atoms with Crippen LogP contribution in [-0.4, -0.2) is 5.97 Å². The lowest BCUT2D eigenvalue weighted by molar-refractivity contribution is -0.130. The second-order valence-electron chi connectivity index (χ2n) is 6.72. The fourth-order valence-electron chi connectivity index (χ4n) is 2.92. The number of esters is 1. The molecule has 0 bridgehead atoms. The number of aryl methyl sites for hydroxylation is 1. The summed E-state index contributed by atoms with van der Waals surface area (Å²) in [7, 11) is 0. The summed E-state index contributed by atoms with van der Waals surface area (Å²) in [6.45, 7) is 7.42. The molecule has 0 aliphatic carbocycles. The van der Waals surface area contributed by atoms with Gasteiger partial charge >= 0.3 is 5.97 Å². The minimum absolute atomic E-state index is 0.386. The van der Waals surface area contributed by atoms with Crippen molar-refractivity contribution in [1.82, 2.24) is 0 Å². The van der Waals surface area contributed by atoms with Gasteiger partial charge in [0.1, 0.15) is 5.75 Å². The fourth-order valence-corrected chi connectivity index (χ4v) is 2.92. The average molecular weight is 356 g/mol. The first kappa shape index (κ1) is 18.7. The second-order valence-corrected chi connectivity index (χ2v) is 6.72. The lowest BCUT2D eigenvalue weighted by atomic mass is 9.99. The summed E-state index contributed by atoms with van der Waals surface area (Å²) in [6, 6.07) is 24.8. The van der Waals surface area contributed by atoms with E-state index in [1.807, 2.05) is 12.1 Å². The Morgan fingerprint density at radius 3 is 1.59 bits per heavy atom. The zero-order valence-corrected chi connectivity index (χ0v) is 15.9. The maximum atomic E-state index is 11.6. The largest absolute Gasteiger partial charge is 0.423 e. The number of hydrogen-bond donors (Lipinski definition) is 0. The van der Waals surface area contributed by atoms with Crippen LogP contribution in [0.1, 0.15) is 25.8 Å². The third-order valence-electron chi connectivity index (χ3n) is 4.46. The zero-order chi connectivity index (χ0) is 19.2. The molecule has 0 aliphatic heterocycles. The highest BCUT2D eigenvalue weighted by Crippen LogP contribution is 2.27. The molecule has 0 N–H and O–H groups in total. The number of ether oxygens (including phenoxy) is 1. The number of carbonyl (C=O) groups is 1. The van der Waals surface area contributed by atoms with Gasteiger partial charge in [0.25, 0.3) is 0 Å². The number of benzene rings is 3. The van der Waals surface area contributed by atoms with E-state index in [-0.39, 0.29) is 0 Å². The topological polar surface area (TPSA) is 26.3 Å². The summed E-state index contributed by atoms with van der Waals surface area (Å²) in [4.78, 5) is 11.6. The minimum Gasteiger partial charge on any atom is -0.423 e. The molecule has 0 aromatic heterocycles. The van der Waals surface area contributed by atoms with E-state index in [1.165, 1.54) is 23.1 Å². The molecule has 0 amide bonds.